The van der Waals surface area contributed by atoms with Crippen LogP contribution in [0.4, 0.5) is 5.69 Å². The van der Waals surface area contributed by atoms with E-state index in [0.717, 1.165) is 24.1 Å². The molecule has 0 saturated carbocycles. The number of sulfone groups is 2. The van der Waals surface area contributed by atoms with Gasteiger partial charge in [0.15, 0.2) is 19.7 Å². The maximum atomic E-state index is 14.0. The van der Waals surface area contributed by atoms with Crippen LogP contribution in [-0.4, -0.2) is 52.6 Å². The maximum absolute atomic E-state index is 14.0. The van der Waals surface area contributed by atoms with Crippen molar-refractivity contribution in [3.05, 3.63) is 107 Å². The molecule has 0 unspecified atom stereocenters. The number of hydrogen-bond acceptors (Lipinski definition) is 10. The first-order valence-electron chi connectivity index (χ1n) is 14.0. The minimum absolute atomic E-state index is 0.0554. The van der Waals surface area contributed by atoms with Crippen LogP contribution in [0.3, 0.4) is 0 Å². The maximum Gasteiger partial charge on any atom is 0.337 e. The van der Waals surface area contributed by atoms with Crippen molar-refractivity contribution in [2.75, 3.05) is 24.9 Å². The summed E-state index contributed by atoms with van der Waals surface area (Å²) in [5.74, 6) is -0.391. The van der Waals surface area contributed by atoms with E-state index in [2.05, 4.69) is 5.32 Å². The topological polar surface area (TPSA) is 156 Å². The first-order valence-corrected chi connectivity index (χ1v) is 17.8. The molecule has 0 bridgehead atoms. The van der Waals surface area contributed by atoms with Gasteiger partial charge in [-0.1, -0.05) is 30.3 Å². The van der Waals surface area contributed by atoms with Crippen LogP contribution in [0.5, 0.6) is 17.2 Å². The van der Waals surface area contributed by atoms with E-state index in [1.165, 1.54) is 24.3 Å². The smallest absolute Gasteiger partial charge is 0.337 e. The molecule has 1 aliphatic heterocycles. The Bertz CT molecular complexity index is 2090. The van der Waals surface area contributed by atoms with Crippen LogP contribution in [0.1, 0.15) is 30.5 Å². The van der Waals surface area contributed by atoms with Crippen LogP contribution in [0, 0.1) is 0 Å². The zero-order valence-corrected chi connectivity index (χ0v) is 27.4. The Morgan fingerprint density at radius 2 is 1.52 bits per heavy atom. The van der Waals surface area contributed by atoms with Gasteiger partial charge in [0.2, 0.25) is 0 Å². The number of ether oxygens (including phenoxy) is 2. The fourth-order valence-electron chi connectivity index (χ4n) is 5.88. The van der Waals surface area contributed by atoms with Crippen molar-refractivity contribution >= 4 is 31.3 Å². The minimum Gasteiger partial charge on any atom is -0.508 e. The Morgan fingerprint density at radius 1 is 0.870 bits per heavy atom. The molecule has 4 aromatic carbocycles. The molecule has 0 aliphatic carbocycles. The second kappa shape index (κ2) is 11.8. The molecule has 0 amide bonds. The molecule has 0 fully saturated rings. The van der Waals surface area contributed by atoms with E-state index in [1.54, 1.807) is 45.2 Å². The molecule has 5 rings (SSSR count). The third-order valence-electron chi connectivity index (χ3n) is 8.03. The van der Waals surface area contributed by atoms with Gasteiger partial charge in [-0.3, -0.25) is 0 Å². The number of methoxy groups -OCH3 is 1. The normalized spacial score (nSPS) is 16.4. The van der Waals surface area contributed by atoms with Crippen molar-refractivity contribution in [3.63, 3.8) is 0 Å². The van der Waals surface area contributed by atoms with Gasteiger partial charge in [0.05, 0.1) is 27.9 Å². The van der Waals surface area contributed by atoms with Crippen molar-refractivity contribution in [1.82, 2.24) is 0 Å². The summed E-state index contributed by atoms with van der Waals surface area (Å²) >= 11 is 0. The van der Waals surface area contributed by atoms with E-state index in [4.69, 9.17) is 9.47 Å². The molecule has 3 N–H and O–H groups in total. The summed E-state index contributed by atoms with van der Waals surface area (Å²) < 4.78 is 60.4. The van der Waals surface area contributed by atoms with E-state index < -0.39 is 37.7 Å². The van der Waals surface area contributed by atoms with Crippen molar-refractivity contribution < 1.29 is 41.3 Å². The van der Waals surface area contributed by atoms with Gasteiger partial charge in [0.25, 0.3) is 0 Å². The van der Waals surface area contributed by atoms with Crippen LogP contribution < -0.4 is 10.1 Å². The fraction of sp³-hybridized carbons (Fsp3) is 0.206. The number of carbonyl (C=O) groups is 1. The summed E-state index contributed by atoms with van der Waals surface area (Å²) in [6.07, 6.45) is 1.91. The molecule has 1 atom stereocenters. The molecule has 4 aromatic rings. The fourth-order valence-corrected chi connectivity index (χ4v) is 7.37. The third kappa shape index (κ3) is 6.05. The van der Waals surface area contributed by atoms with Crippen molar-refractivity contribution in [2.45, 2.75) is 35.7 Å². The van der Waals surface area contributed by atoms with Crippen LogP contribution in [0.25, 0.3) is 11.1 Å². The number of phenolic OH excluding ortho intramolecular Hbond substituents is 2. The van der Waals surface area contributed by atoms with E-state index in [0.29, 0.717) is 33.8 Å². The van der Waals surface area contributed by atoms with Crippen LogP contribution in [0.15, 0.2) is 99.9 Å². The number of rotatable bonds is 8. The number of aromatic hydroxyl groups is 2. The number of para-hydroxylation sites is 1. The van der Waals surface area contributed by atoms with Gasteiger partial charge in [-0.05, 0) is 79.1 Å². The highest BCUT2D eigenvalue weighted by Gasteiger charge is 2.46. The minimum atomic E-state index is -3.78. The highest BCUT2D eigenvalue weighted by molar-refractivity contribution is 7.91. The average Bonchev–Trinajstić information content (AvgIpc) is 2.98. The van der Waals surface area contributed by atoms with Gasteiger partial charge in [-0.25, -0.2) is 21.6 Å². The number of allylic oxidation sites excluding steroid dienone is 1. The predicted molar refractivity (Wildman–Crippen MR) is 173 cm³/mol. The van der Waals surface area contributed by atoms with Crippen LogP contribution in [-0.2, 0) is 41.2 Å². The Hall–Kier alpha value is -4.81. The lowest BCUT2D eigenvalue weighted by Crippen LogP contribution is -2.37. The number of nitrogens with one attached hydrogen (secondary N) is 1. The van der Waals surface area contributed by atoms with E-state index in [1.807, 2.05) is 24.3 Å². The number of anilines is 1. The quantitative estimate of drug-likeness (QED) is 0.211. The predicted octanol–water partition coefficient (Wildman–Crippen LogP) is 5.33. The summed E-state index contributed by atoms with van der Waals surface area (Å²) in [5, 5.41) is 25.3. The number of esters is 1. The highest BCUT2D eigenvalue weighted by Crippen LogP contribution is 2.52. The summed E-state index contributed by atoms with van der Waals surface area (Å²) in [7, 11) is -6.02. The SMILES string of the molecule is COc1ccccc1-c1cc(O)c2c(c1)NC(C)=C(C(=O)OCc1cc(S(C)(=O)=O)cc(S(C)(=O)=O)c1)[C@]2(C)c1cccc(O)c1. The molecular weight excluding hydrogens is 631 g/mol. The Kier molecular flexibility index (Phi) is 8.39. The summed E-state index contributed by atoms with van der Waals surface area (Å²) in [5.41, 5.74) is 2.08. The number of phenols is 2. The zero-order chi connectivity index (χ0) is 33.6. The van der Waals surface area contributed by atoms with Crippen LogP contribution in [0.2, 0.25) is 0 Å². The summed E-state index contributed by atoms with van der Waals surface area (Å²) in [6, 6.07) is 20.7. The second-order valence-electron chi connectivity index (χ2n) is 11.4. The lowest BCUT2D eigenvalue weighted by molar-refractivity contribution is -0.141. The van der Waals surface area contributed by atoms with Gasteiger partial charge < -0.3 is 25.0 Å². The molecule has 0 spiro atoms. The monoisotopic (exact) mass is 663 g/mol. The second-order valence-corrected chi connectivity index (χ2v) is 15.4. The highest BCUT2D eigenvalue weighted by atomic mass is 32.2. The van der Waals surface area contributed by atoms with Crippen molar-refractivity contribution in [2.24, 2.45) is 0 Å². The number of hydrogen-bond donors (Lipinski definition) is 3. The Labute approximate surface area is 267 Å². The number of fused-ring (bicyclic) bond motifs is 1. The first-order chi connectivity index (χ1) is 21.5. The molecule has 240 valence electrons. The Balaban J connectivity index is 1.62. The van der Waals surface area contributed by atoms with Gasteiger partial charge in [-0.2, -0.15) is 0 Å². The van der Waals surface area contributed by atoms with E-state index in [-0.39, 0.29) is 32.4 Å². The molecule has 0 aromatic heterocycles. The van der Waals surface area contributed by atoms with Gasteiger partial charge >= 0.3 is 5.97 Å². The van der Waals surface area contributed by atoms with Crippen LogP contribution >= 0.6 is 0 Å². The molecule has 1 heterocycles. The van der Waals surface area contributed by atoms with E-state index >= 15 is 0 Å². The molecule has 46 heavy (non-hydrogen) atoms. The summed E-state index contributed by atoms with van der Waals surface area (Å²) in [6.45, 7) is 2.97. The lowest BCUT2D eigenvalue weighted by atomic mass is 9.67. The Morgan fingerprint density at radius 3 is 2.13 bits per heavy atom. The van der Waals surface area contributed by atoms with Crippen molar-refractivity contribution in [3.8, 4) is 28.4 Å². The molecule has 0 saturated heterocycles. The molecule has 10 nitrogen and oxygen atoms in total. The molecular formula is C34H33NO9S2. The third-order valence-corrected chi connectivity index (χ3v) is 10.2. The molecule has 0 radical (unpaired) electrons. The lowest BCUT2D eigenvalue weighted by Gasteiger charge is -2.39. The summed E-state index contributed by atoms with van der Waals surface area (Å²) in [4.78, 5) is 13.5. The standard InChI is InChI=1S/C34H33NO9S2/c1-20-31(33(38)44-19-21-13-25(45(4,39)40)18-26(14-21)46(5,41)42)34(2,23-9-8-10-24(36)17-23)32-28(35-20)15-22(16-29(32)37)27-11-6-7-12-30(27)43-3/h6-18,35-37H,19H2,1-5H3/t34-/m0/s1. The number of benzene rings is 4. The van der Waals surface area contributed by atoms with Gasteiger partial charge in [0.1, 0.15) is 23.9 Å². The largest absolute Gasteiger partial charge is 0.508 e. The molecule has 1 aliphatic rings. The molecule has 12 heteroatoms. The van der Waals surface area contributed by atoms with Gasteiger partial charge in [-0.15, -0.1) is 0 Å². The van der Waals surface area contributed by atoms with E-state index in [9.17, 15) is 31.8 Å². The van der Waals surface area contributed by atoms with Crippen molar-refractivity contribution in [1.29, 1.82) is 0 Å². The van der Waals surface area contributed by atoms with Gasteiger partial charge in [0, 0.05) is 35.0 Å². The average molecular weight is 664 g/mol. The number of carbonyl (C=O) groups excluding carboxylic acids is 1. The first kappa shape index (κ1) is 32.6. The zero-order valence-electron chi connectivity index (χ0n) is 25.8.